The molecule has 1 unspecified atom stereocenters. The van der Waals surface area contributed by atoms with Gasteiger partial charge in [-0.1, -0.05) is 60.7 Å². The van der Waals surface area contributed by atoms with E-state index < -0.39 is 6.29 Å². The lowest BCUT2D eigenvalue weighted by Crippen LogP contribution is -2.38. The maximum Gasteiger partial charge on any atom is 0.244 e. The van der Waals surface area contributed by atoms with Gasteiger partial charge in [0.1, 0.15) is 18.6 Å². The molecular formula is C31H29NO5. The Kier molecular flexibility index (Phi) is 6.76. The van der Waals surface area contributed by atoms with Crippen LogP contribution in [0.4, 0.5) is 0 Å². The molecule has 0 bridgehead atoms. The molecule has 3 aromatic rings. The minimum Gasteiger partial charge on any atom is -0.492 e. The predicted molar refractivity (Wildman–Crippen MR) is 140 cm³/mol. The van der Waals surface area contributed by atoms with Gasteiger partial charge in [0.15, 0.2) is 11.5 Å². The molecule has 0 N–H and O–H groups in total. The number of carbonyl (C=O) groups excluding carboxylic acids is 1. The van der Waals surface area contributed by atoms with Gasteiger partial charge in [0.05, 0.1) is 18.8 Å². The normalized spacial score (nSPS) is 19.3. The van der Waals surface area contributed by atoms with E-state index in [9.17, 15) is 4.79 Å². The number of morpholine rings is 1. The number of ketones is 1. The summed E-state index contributed by atoms with van der Waals surface area (Å²) in [5, 5.41) is 0. The quantitative estimate of drug-likeness (QED) is 0.445. The first-order valence-corrected chi connectivity index (χ1v) is 12.7. The highest BCUT2D eigenvalue weighted by atomic mass is 16.7. The van der Waals surface area contributed by atoms with Crippen molar-refractivity contribution in [1.82, 2.24) is 4.90 Å². The van der Waals surface area contributed by atoms with Crippen molar-refractivity contribution >= 4 is 11.4 Å². The van der Waals surface area contributed by atoms with Crippen molar-refractivity contribution < 1.29 is 23.7 Å². The summed E-state index contributed by atoms with van der Waals surface area (Å²) in [5.74, 6) is 1.08. The molecule has 188 valence electrons. The van der Waals surface area contributed by atoms with Crippen molar-refractivity contribution in [2.45, 2.75) is 12.7 Å². The van der Waals surface area contributed by atoms with Crippen LogP contribution in [0.1, 0.15) is 27.0 Å². The van der Waals surface area contributed by atoms with Crippen molar-refractivity contribution in [2.24, 2.45) is 0 Å². The monoisotopic (exact) mass is 495 g/mol. The summed E-state index contributed by atoms with van der Waals surface area (Å²) in [6.07, 6.45) is 1.70. The maximum absolute atomic E-state index is 13.8. The molecule has 37 heavy (non-hydrogen) atoms. The first-order chi connectivity index (χ1) is 18.3. The van der Waals surface area contributed by atoms with Gasteiger partial charge < -0.3 is 18.9 Å². The fraction of sp³-hybridized carbons (Fsp3) is 0.258. The number of nitrogens with zero attached hydrogens (tertiary/aromatic N) is 1. The Hall–Kier alpha value is -3.87. The van der Waals surface area contributed by atoms with Gasteiger partial charge in [0, 0.05) is 37.2 Å². The lowest BCUT2D eigenvalue weighted by atomic mass is 9.97. The molecule has 6 rings (SSSR count). The number of Topliss-reactive ketones (excluding diaryl/α,β-unsaturated/α-hetero) is 1. The Balaban J connectivity index is 1.23. The van der Waals surface area contributed by atoms with Crippen LogP contribution < -0.4 is 4.74 Å². The second-order valence-electron chi connectivity index (χ2n) is 9.31. The van der Waals surface area contributed by atoms with Crippen LogP contribution in [0.3, 0.4) is 0 Å². The smallest absolute Gasteiger partial charge is 0.244 e. The Morgan fingerprint density at radius 2 is 1.62 bits per heavy atom. The van der Waals surface area contributed by atoms with Crippen LogP contribution in [0.5, 0.6) is 5.75 Å². The zero-order valence-electron chi connectivity index (χ0n) is 20.6. The fourth-order valence-electron chi connectivity index (χ4n) is 5.01. The van der Waals surface area contributed by atoms with Gasteiger partial charge in [-0.3, -0.25) is 9.69 Å². The van der Waals surface area contributed by atoms with E-state index in [0.717, 1.165) is 55.1 Å². The third kappa shape index (κ3) is 5.03. The van der Waals surface area contributed by atoms with Crippen LogP contribution in [0, 0.1) is 0 Å². The molecule has 6 heteroatoms. The van der Waals surface area contributed by atoms with E-state index in [0.29, 0.717) is 35.7 Å². The highest BCUT2D eigenvalue weighted by Gasteiger charge is 2.37. The summed E-state index contributed by atoms with van der Waals surface area (Å²) in [6.45, 7) is 4.75. The number of hydrogen-bond donors (Lipinski definition) is 0. The second kappa shape index (κ2) is 10.6. The van der Waals surface area contributed by atoms with Crippen LogP contribution in [0.2, 0.25) is 0 Å². The second-order valence-corrected chi connectivity index (χ2v) is 9.31. The van der Waals surface area contributed by atoms with Gasteiger partial charge in [0.2, 0.25) is 6.29 Å². The highest BCUT2D eigenvalue weighted by Crippen LogP contribution is 2.43. The summed E-state index contributed by atoms with van der Waals surface area (Å²) >= 11 is 0. The van der Waals surface area contributed by atoms with Crippen LogP contribution in [-0.2, 0) is 20.6 Å². The summed E-state index contributed by atoms with van der Waals surface area (Å²) in [7, 11) is 0. The molecule has 0 saturated carbocycles. The average molecular weight is 496 g/mol. The Morgan fingerprint density at radius 1 is 0.865 bits per heavy atom. The van der Waals surface area contributed by atoms with Gasteiger partial charge in [-0.25, -0.2) is 0 Å². The van der Waals surface area contributed by atoms with Crippen LogP contribution in [0.15, 0.2) is 96.5 Å². The molecule has 0 aromatic heterocycles. The molecule has 1 aliphatic carbocycles. The van der Waals surface area contributed by atoms with E-state index in [1.54, 1.807) is 6.26 Å². The van der Waals surface area contributed by atoms with Crippen molar-refractivity contribution in [1.29, 1.82) is 0 Å². The molecule has 0 radical (unpaired) electrons. The molecule has 1 atom stereocenters. The minimum absolute atomic E-state index is 0.0808. The first kappa shape index (κ1) is 23.5. The number of ether oxygens (including phenoxy) is 4. The third-order valence-electron chi connectivity index (χ3n) is 6.90. The molecule has 3 aliphatic rings. The van der Waals surface area contributed by atoms with Crippen LogP contribution >= 0.6 is 0 Å². The van der Waals surface area contributed by atoms with E-state index in [1.807, 2.05) is 78.9 Å². The molecular weight excluding hydrogens is 466 g/mol. The molecule has 3 aromatic carbocycles. The molecule has 2 aliphatic heterocycles. The highest BCUT2D eigenvalue weighted by molar-refractivity contribution is 6.25. The zero-order valence-corrected chi connectivity index (χ0v) is 20.6. The third-order valence-corrected chi connectivity index (χ3v) is 6.90. The largest absolute Gasteiger partial charge is 0.492 e. The zero-order chi connectivity index (χ0) is 25.0. The van der Waals surface area contributed by atoms with Crippen molar-refractivity contribution in [3.63, 3.8) is 0 Å². The van der Waals surface area contributed by atoms with E-state index in [-0.39, 0.29) is 5.78 Å². The number of carbonyl (C=O) groups is 1. The molecule has 0 spiro atoms. The summed E-state index contributed by atoms with van der Waals surface area (Å²) < 4.78 is 23.5. The fourth-order valence-corrected chi connectivity index (χ4v) is 5.01. The van der Waals surface area contributed by atoms with Gasteiger partial charge >= 0.3 is 0 Å². The van der Waals surface area contributed by atoms with Crippen molar-refractivity contribution in [3.8, 4) is 5.75 Å². The number of hydrogen-bond acceptors (Lipinski definition) is 6. The number of allylic oxidation sites excluding steroid dienone is 1. The Bertz CT molecular complexity index is 1330. The topological polar surface area (TPSA) is 57.2 Å². The van der Waals surface area contributed by atoms with Gasteiger partial charge in [-0.2, -0.15) is 0 Å². The Labute approximate surface area is 216 Å². The predicted octanol–water partition coefficient (Wildman–Crippen LogP) is 4.85. The van der Waals surface area contributed by atoms with E-state index in [1.165, 1.54) is 0 Å². The van der Waals surface area contributed by atoms with Crippen molar-refractivity contribution in [3.05, 3.63) is 119 Å². The molecule has 1 fully saturated rings. The van der Waals surface area contributed by atoms with Crippen molar-refractivity contribution in [2.75, 3.05) is 39.5 Å². The molecule has 2 heterocycles. The Morgan fingerprint density at radius 3 is 2.41 bits per heavy atom. The number of benzene rings is 3. The molecule has 6 nitrogen and oxygen atoms in total. The minimum atomic E-state index is -0.475. The maximum atomic E-state index is 13.8. The van der Waals surface area contributed by atoms with Gasteiger partial charge in [-0.15, -0.1) is 0 Å². The average Bonchev–Trinajstić information content (AvgIpc) is 3.52. The summed E-state index contributed by atoms with van der Waals surface area (Å²) in [6, 6.07) is 25.8. The summed E-state index contributed by atoms with van der Waals surface area (Å²) in [5.41, 5.74) is 4.95. The summed E-state index contributed by atoms with van der Waals surface area (Å²) in [4.78, 5) is 16.1. The van der Waals surface area contributed by atoms with E-state index in [4.69, 9.17) is 18.9 Å². The number of rotatable bonds is 8. The van der Waals surface area contributed by atoms with Gasteiger partial charge in [-0.05, 0) is 34.9 Å². The van der Waals surface area contributed by atoms with E-state index in [2.05, 4.69) is 4.90 Å². The van der Waals surface area contributed by atoms with Crippen LogP contribution in [-0.4, -0.2) is 56.4 Å². The lowest BCUT2D eigenvalue weighted by Gasteiger charge is -2.26. The lowest BCUT2D eigenvalue weighted by molar-refractivity contribution is -0.0276. The van der Waals surface area contributed by atoms with Crippen LogP contribution in [0.25, 0.3) is 5.57 Å². The molecule has 1 saturated heterocycles. The standard InChI is InChI=1S/C31H29NO5/c33-31-26-20-24(35-18-15-32-13-16-34-17-14-32)11-12-25(26)29(23-9-5-2-6-10-23)30(31)27-21-36-28(37-27)19-22-7-3-1-4-8-22/h1-12,20-21,28H,13-19H2. The number of fused-ring (bicyclic) bond motifs is 1. The SMILES string of the molecule is O=C1C(C2=COC(Cc3ccccc3)O2)=C(c2ccccc2)c2ccc(OCCN3CCOCC3)cc21. The first-order valence-electron chi connectivity index (χ1n) is 12.7. The van der Waals surface area contributed by atoms with Gasteiger partial charge in [0.25, 0.3) is 0 Å². The molecule has 0 amide bonds. The van der Waals surface area contributed by atoms with E-state index >= 15 is 0 Å².